The number of hydrogen-bond acceptors (Lipinski definition) is 5. The summed E-state index contributed by atoms with van der Waals surface area (Å²) in [6, 6.07) is 9.22. The zero-order valence-corrected chi connectivity index (χ0v) is 11.6. The summed E-state index contributed by atoms with van der Waals surface area (Å²) >= 11 is 0. The second-order valence-corrected chi connectivity index (χ2v) is 4.30. The van der Waals surface area contributed by atoms with Crippen molar-refractivity contribution in [3.63, 3.8) is 0 Å². The van der Waals surface area contributed by atoms with Gasteiger partial charge in [0.2, 0.25) is 0 Å². The molecule has 5 heteroatoms. The molecular weight excluding hydrogens is 256 g/mol. The van der Waals surface area contributed by atoms with E-state index in [1.807, 2.05) is 18.2 Å². The van der Waals surface area contributed by atoms with E-state index in [9.17, 15) is 0 Å². The third-order valence-corrected chi connectivity index (χ3v) is 2.89. The van der Waals surface area contributed by atoms with Crippen LogP contribution >= 0.6 is 0 Å². The van der Waals surface area contributed by atoms with Crippen LogP contribution in [0, 0.1) is 0 Å². The normalized spacial score (nSPS) is 10.3. The molecule has 2 rings (SSSR count). The molecule has 0 aliphatic carbocycles. The minimum Gasteiger partial charge on any atom is -0.506 e. The molecule has 0 spiro atoms. The van der Waals surface area contributed by atoms with Crippen LogP contribution in [0.3, 0.4) is 0 Å². The maximum atomic E-state index is 9.16. The lowest BCUT2D eigenvalue weighted by molar-refractivity contribution is 0.354. The summed E-state index contributed by atoms with van der Waals surface area (Å²) in [6.07, 6.45) is 1.44. The van der Waals surface area contributed by atoms with Gasteiger partial charge in [0.15, 0.2) is 11.5 Å². The van der Waals surface area contributed by atoms with Gasteiger partial charge in [-0.2, -0.15) is 0 Å². The minimum atomic E-state index is 0.175. The molecule has 2 N–H and O–H groups in total. The summed E-state index contributed by atoms with van der Waals surface area (Å²) in [7, 11) is 3.24. The van der Waals surface area contributed by atoms with Gasteiger partial charge in [0, 0.05) is 13.1 Å². The fourth-order valence-corrected chi connectivity index (χ4v) is 1.85. The summed E-state index contributed by atoms with van der Waals surface area (Å²) in [4.78, 5) is 4.11. The Kier molecular flexibility index (Phi) is 4.79. The Bertz CT molecular complexity index is 556. The molecule has 5 nitrogen and oxygen atoms in total. The van der Waals surface area contributed by atoms with E-state index in [1.54, 1.807) is 26.4 Å². The maximum absolute atomic E-state index is 9.16. The number of aromatic hydroxyl groups is 1. The fraction of sp³-hybridized carbons (Fsp3) is 0.267. The van der Waals surface area contributed by atoms with Crippen LogP contribution in [-0.4, -0.2) is 24.3 Å². The zero-order chi connectivity index (χ0) is 14.4. The Hall–Kier alpha value is -2.27. The SMILES string of the molecule is COc1ccc(CNCc2ccc(O)cn2)cc1OC. The van der Waals surface area contributed by atoms with Crippen molar-refractivity contribution in [3.05, 3.63) is 47.8 Å². The first-order valence-corrected chi connectivity index (χ1v) is 6.28. The van der Waals surface area contributed by atoms with Crippen molar-refractivity contribution in [1.29, 1.82) is 0 Å². The highest BCUT2D eigenvalue weighted by molar-refractivity contribution is 5.42. The molecule has 1 aromatic heterocycles. The first-order valence-electron chi connectivity index (χ1n) is 6.28. The van der Waals surface area contributed by atoms with E-state index >= 15 is 0 Å². The number of rotatable bonds is 6. The topological polar surface area (TPSA) is 63.6 Å². The maximum Gasteiger partial charge on any atom is 0.161 e. The molecule has 20 heavy (non-hydrogen) atoms. The third-order valence-electron chi connectivity index (χ3n) is 2.89. The fourth-order valence-electron chi connectivity index (χ4n) is 1.85. The number of pyridine rings is 1. The van der Waals surface area contributed by atoms with Gasteiger partial charge in [0.05, 0.1) is 26.1 Å². The van der Waals surface area contributed by atoms with Crippen molar-refractivity contribution in [2.24, 2.45) is 0 Å². The summed E-state index contributed by atoms with van der Waals surface area (Å²) < 4.78 is 10.5. The number of aromatic nitrogens is 1. The molecule has 2 aromatic rings. The molecule has 0 saturated heterocycles. The molecule has 0 aliphatic heterocycles. The molecule has 106 valence electrons. The number of nitrogens with zero attached hydrogens (tertiary/aromatic N) is 1. The van der Waals surface area contributed by atoms with Crippen LogP contribution in [0.4, 0.5) is 0 Å². The summed E-state index contributed by atoms with van der Waals surface area (Å²) in [5, 5.41) is 12.4. The lowest BCUT2D eigenvalue weighted by atomic mass is 10.2. The third kappa shape index (κ3) is 3.61. The zero-order valence-electron chi connectivity index (χ0n) is 11.6. The van der Waals surface area contributed by atoms with Crippen LogP contribution < -0.4 is 14.8 Å². The molecule has 0 aliphatic rings. The molecule has 0 amide bonds. The van der Waals surface area contributed by atoms with Gasteiger partial charge in [0.1, 0.15) is 5.75 Å². The van der Waals surface area contributed by atoms with Crippen LogP contribution in [0.15, 0.2) is 36.5 Å². The highest BCUT2D eigenvalue weighted by Crippen LogP contribution is 2.27. The highest BCUT2D eigenvalue weighted by atomic mass is 16.5. The number of nitrogens with one attached hydrogen (secondary N) is 1. The van der Waals surface area contributed by atoms with Crippen molar-refractivity contribution in [2.75, 3.05) is 14.2 Å². The largest absolute Gasteiger partial charge is 0.506 e. The molecule has 0 fully saturated rings. The standard InChI is InChI=1S/C15H18N2O3/c1-19-14-6-3-11(7-15(14)20-2)8-16-9-12-4-5-13(18)10-17-12/h3-7,10,16,18H,8-9H2,1-2H3. The second kappa shape index (κ2) is 6.77. The van der Waals surface area contributed by atoms with Crippen LogP contribution in [0.1, 0.15) is 11.3 Å². The van der Waals surface area contributed by atoms with Crippen LogP contribution in [0.25, 0.3) is 0 Å². The lowest BCUT2D eigenvalue weighted by Gasteiger charge is -2.10. The van der Waals surface area contributed by atoms with Crippen LogP contribution in [-0.2, 0) is 13.1 Å². The Labute approximate surface area is 118 Å². The average molecular weight is 274 g/mol. The van der Waals surface area contributed by atoms with E-state index < -0.39 is 0 Å². The number of benzene rings is 1. The van der Waals surface area contributed by atoms with Crippen LogP contribution in [0.5, 0.6) is 17.2 Å². The molecule has 0 radical (unpaired) electrons. The van der Waals surface area contributed by atoms with Gasteiger partial charge >= 0.3 is 0 Å². The van der Waals surface area contributed by atoms with Crippen molar-refractivity contribution in [3.8, 4) is 17.2 Å². The van der Waals surface area contributed by atoms with Crippen molar-refractivity contribution in [2.45, 2.75) is 13.1 Å². The molecular formula is C15H18N2O3. The van der Waals surface area contributed by atoms with Crippen molar-refractivity contribution in [1.82, 2.24) is 10.3 Å². The Morgan fingerprint density at radius 3 is 2.50 bits per heavy atom. The molecule has 0 saturated carbocycles. The second-order valence-electron chi connectivity index (χ2n) is 4.30. The first-order chi connectivity index (χ1) is 9.72. The van der Waals surface area contributed by atoms with E-state index in [1.165, 1.54) is 6.20 Å². The minimum absolute atomic E-state index is 0.175. The van der Waals surface area contributed by atoms with Gasteiger partial charge < -0.3 is 19.9 Å². The first kappa shape index (κ1) is 14.1. The van der Waals surface area contributed by atoms with E-state index in [0.717, 1.165) is 22.8 Å². The lowest BCUT2D eigenvalue weighted by Crippen LogP contribution is -2.13. The summed E-state index contributed by atoms with van der Waals surface area (Å²) in [6.45, 7) is 1.33. The van der Waals surface area contributed by atoms with Gasteiger partial charge in [-0.25, -0.2) is 0 Å². The predicted octanol–water partition coefficient (Wildman–Crippen LogP) is 2.09. The van der Waals surface area contributed by atoms with E-state index in [-0.39, 0.29) is 5.75 Å². The average Bonchev–Trinajstić information content (AvgIpc) is 2.49. The summed E-state index contributed by atoms with van der Waals surface area (Å²) in [5.41, 5.74) is 1.98. The van der Waals surface area contributed by atoms with Crippen LogP contribution in [0.2, 0.25) is 0 Å². The predicted molar refractivity (Wildman–Crippen MR) is 76.0 cm³/mol. The number of ether oxygens (including phenoxy) is 2. The smallest absolute Gasteiger partial charge is 0.161 e. The Morgan fingerprint density at radius 1 is 1.05 bits per heavy atom. The van der Waals surface area contributed by atoms with Gasteiger partial charge in [-0.1, -0.05) is 6.07 Å². The Balaban J connectivity index is 1.92. The van der Waals surface area contributed by atoms with E-state index in [2.05, 4.69) is 10.3 Å². The van der Waals surface area contributed by atoms with Gasteiger partial charge in [-0.3, -0.25) is 4.98 Å². The van der Waals surface area contributed by atoms with Gasteiger partial charge in [0.25, 0.3) is 0 Å². The van der Waals surface area contributed by atoms with Gasteiger partial charge in [-0.15, -0.1) is 0 Å². The van der Waals surface area contributed by atoms with E-state index in [4.69, 9.17) is 14.6 Å². The number of hydrogen-bond donors (Lipinski definition) is 2. The van der Waals surface area contributed by atoms with E-state index in [0.29, 0.717) is 13.1 Å². The van der Waals surface area contributed by atoms with Crippen molar-refractivity contribution >= 4 is 0 Å². The quantitative estimate of drug-likeness (QED) is 0.844. The molecule has 0 atom stereocenters. The molecule has 0 bridgehead atoms. The monoisotopic (exact) mass is 274 g/mol. The summed E-state index contributed by atoms with van der Waals surface area (Å²) in [5.74, 6) is 1.61. The molecule has 1 aromatic carbocycles. The van der Waals surface area contributed by atoms with Crippen molar-refractivity contribution < 1.29 is 14.6 Å². The molecule has 1 heterocycles. The highest BCUT2D eigenvalue weighted by Gasteiger charge is 2.04. The van der Waals surface area contributed by atoms with Gasteiger partial charge in [-0.05, 0) is 29.8 Å². The molecule has 0 unspecified atom stereocenters. The number of methoxy groups -OCH3 is 2. The Morgan fingerprint density at radius 2 is 1.85 bits per heavy atom.